The highest BCUT2D eigenvalue weighted by Crippen LogP contribution is 2.29. The second-order valence-corrected chi connectivity index (χ2v) is 15.0. The predicted octanol–water partition coefficient (Wildman–Crippen LogP) is 3.43. The average Bonchev–Trinajstić information content (AvgIpc) is 3.08. The van der Waals surface area contributed by atoms with Gasteiger partial charge in [0.2, 0.25) is 17.7 Å². The first-order valence-electron chi connectivity index (χ1n) is 17.1. The van der Waals surface area contributed by atoms with Crippen molar-refractivity contribution in [2.24, 2.45) is 11.1 Å². The van der Waals surface area contributed by atoms with Crippen LogP contribution in [0.1, 0.15) is 59.9 Å². The van der Waals surface area contributed by atoms with Crippen molar-refractivity contribution >= 4 is 47.3 Å². The molecular formula is C37H55FN8O5S. The molecule has 0 heterocycles. The fourth-order valence-electron chi connectivity index (χ4n) is 5.40. The molecule has 0 aromatic heterocycles. The molecule has 0 radical (unpaired) electrons. The Morgan fingerprint density at radius 1 is 0.942 bits per heavy atom. The Kier molecular flexibility index (Phi) is 16.8. The van der Waals surface area contributed by atoms with Crippen molar-refractivity contribution in [1.29, 1.82) is 0 Å². The van der Waals surface area contributed by atoms with Crippen molar-refractivity contribution in [2.75, 3.05) is 39.5 Å². The first-order chi connectivity index (χ1) is 24.3. The number of hydrogen-bond acceptors (Lipinski definition) is 8. The molecule has 0 saturated heterocycles. The van der Waals surface area contributed by atoms with Gasteiger partial charge in [-0.3, -0.25) is 23.9 Å². The highest BCUT2D eigenvalue weighted by atomic mass is 32.2. The Balaban J connectivity index is 2.00. The lowest BCUT2D eigenvalue weighted by Gasteiger charge is -2.38. The molecule has 15 heteroatoms. The number of nitrogens with zero attached hydrogens (tertiary/aromatic N) is 1. The van der Waals surface area contributed by atoms with Crippen molar-refractivity contribution in [1.82, 2.24) is 30.9 Å². The van der Waals surface area contributed by atoms with E-state index >= 15 is 0 Å². The van der Waals surface area contributed by atoms with Gasteiger partial charge in [-0.25, -0.2) is 9.18 Å². The summed E-state index contributed by atoms with van der Waals surface area (Å²) in [4.78, 5) is 65.5. The maximum absolute atomic E-state index is 14.9. The van der Waals surface area contributed by atoms with Crippen LogP contribution in [0.5, 0.6) is 0 Å². The van der Waals surface area contributed by atoms with E-state index in [0.29, 0.717) is 29.9 Å². The van der Waals surface area contributed by atoms with Crippen LogP contribution < -0.4 is 37.0 Å². The Hall–Kier alpha value is -4.47. The minimum atomic E-state index is -0.845. The number of carbonyl (C=O) groups is 5. The van der Waals surface area contributed by atoms with Gasteiger partial charge >= 0.3 is 6.03 Å². The summed E-state index contributed by atoms with van der Waals surface area (Å²) in [7, 11) is 4.93. The third-order valence-corrected chi connectivity index (χ3v) is 9.47. The SMILES string of the molecule is CNC(CCCNC(N)=O)C(=O)Nc1ccc(SNC(=O)/C(C)=C/CN(C)C(=O)C(NC(=O)C(NC)C(C)(C)c2ccccc2)C(C)(C)C)cc1F. The third-order valence-electron chi connectivity index (χ3n) is 8.69. The number of nitrogens with one attached hydrogen (secondary N) is 6. The van der Waals surface area contributed by atoms with Gasteiger partial charge in [-0.15, -0.1) is 0 Å². The summed E-state index contributed by atoms with van der Waals surface area (Å²) in [6.07, 6.45) is 2.48. The minimum Gasteiger partial charge on any atom is -0.352 e. The molecule has 0 spiro atoms. The molecule has 0 saturated carbocycles. The molecule has 13 nitrogen and oxygen atoms in total. The van der Waals surface area contributed by atoms with Crippen LogP contribution in [-0.4, -0.2) is 86.9 Å². The molecule has 8 N–H and O–H groups in total. The number of anilines is 1. The second kappa shape index (κ2) is 20.0. The maximum atomic E-state index is 14.9. The molecule has 3 atom stereocenters. The zero-order valence-electron chi connectivity index (χ0n) is 31.6. The van der Waals surface area contributed by atoms with Gasteiger partial charge in [-0.05, 0) is 75.0 Å². The summed E-state index contributed by atoms with van der Waals surface area (Å²) in [5.41, 5.74) is 5.14. The Morgan fingerprint density at radius 2 is 1.60 bits per heavy atom. The maximum Gasteiger partial charge on any atom is 0.312 e. The lowest BCUT2D eigenvalue weighted by Crippen LogP contribution is -2.60. The van der Waals surface area contributed by atoms with Gasteiger partial charge in [-0.1, -0.05) is 71.0 Å². The van der Waals surface area contributed by atoms with E-state index in [0.717, 1.165) is 17.5 Å². The highest BCUT2D eigenvalue weighted by Gasteiger charge is 2.40. The van der Waals surface area contributed by atoms with Crippen LogP contribution in [0.3, 0.4) is 0 Å². The Morgan fingerprint density at radius 3 is 2.15 bits per heavy atom. The van der Waals surface area contributed by atoms with E-state index in [-0.39, 0.29) is 24.0 Å². The molecule has 286 valence electrons. The number of hydrogen-bond donors (Lipinski definition) is 7. The van der Waals surface area contributed by atoms with Crippen molar-refractivity contribution in [3.05, 3.63) is 71.6 Å². The molecule has 0 bridgehead atoms. The Bertz CT molecular complexity index is 1580. The van der Waals surface area contributed by atoms with Crippen LogP contribution in [0.2, 0.25) is 0 Å². The largest absolute Gasteiger partial charge is 0.352 e. The normalized spacial score (nSPS) is 13.7. The molecule has 0 aliphatic rings. The third kappa shape index (κ3) is 12.9. The van der Waals surface area contributed by atoms with Crippen molar-refractivity contribution in [3.8, 4) is 0 Å². The molecule has 2 rings (SSSR count). The van der Waals surface area contributed by atoms with E-state index in [1.165, 1.54) is 17.0 Å². The van der Waals surface area contributed by atoms with Gasteiger partial charge in [0.1, 0.15) is 11.9 Å². The summed E-state index contributed by atoms with van der Waals surface area (Å²) >= 11 is 0.902. The Labute approximate surface area is 311 Å². The van der Waals surface area contributed by atoms with Gasteiger partial charge in [0.25, 0.3) is 5.91 Å². The van der Waals surface area contributed by atoms with Gasteiger partial charge in [0.05, 0.1) is 17.8 Å². The quantitative estimate of drug-likeness (QED) is 0.0688. The number of amides is 6. The molecule has 0 aliphatic carbocycles. The van der Waals surface area contributed by atoms with Crippen LogP contribution in [-0.2, 0) is 24.6 Å². The van der Waals surface area contributed by atoms with Gasteiger partial charge in [-0.2, -0.15) is 0 Å². The monoisotopic (exact) mass is 742 g/mol. The first kappa shape index (κ1) is 43.7. The van der Waals surface area contributed by atoms with E-state index in [9.17, 15) is 28.4 Å². The van der Waals surface area contributed by atoms with Gasteiger partial charge in [0, 0.05) is 36.0 Å². The van der Waals surface area contributed by atoms with Crippen LogP contribution in [0.4, 0.5) is 14.9 Å². The molecule has 2 aromatic rings. The van der Waals surface area contributed by atoms with Crippen molar-refractivity contribution in [3.63, 3.8) is 0 Å². The van der Waals surface area contributed by atoms with Gasteiger partial charge < -0.3 is 37.2 Å². The molecule has 52 heavy (non-hydrogen) atoms. The molecule has 0 aliphatic heterocycles. The van der Waals surface area contributed by atoms with Crippen LogP contribution in [0.25, 0.3) is 0 Å². The van der Waals surface area contributed by atoms with Crippen molar-refractivity contribution in [2.45, 2.75) is 82.8 Å². The number of nitrogens with two attached hydrogens (primary N) is 1. The van der Waals surface area contributed by atoms with Crippen LogP contribution >= 0.6 is 11.9 Å². The van der Waals surface area contributed by atoms with Crippen molar-refractivity contribution < 1.29 is 28.4 Å². The lowest BCUT2D eigenvalue weighted by molar-refractivity contribution is -0.139. The number of benzene rings is 2. The smallest absolute Gasteiger partial charge is 0.312 e. The molecule has 0 fully saturated rings. The minimum absolute atomic E-state index is 0.0221. The molecular weight excluding hydrogens is 688 g/mol. The van der Waals surface area contributed by atoms with Gasteiger partial charge in [0.15, 0.2) is 0 Å². The van der Waals surface area contributed by atoms with E-state index in [2.05, 4.69) is 31.3 Å². The highest BCUT2D eigenvalue weighted by molar-refractivity contribution is 7.98. The zero-order valence-corrected chi connectivity index (χ0v) is 32.4. The van der Waals surface area contributed by atoms with E-state index in [4.69, 9.17) is 5.73 Å². The number of primary amides is 1. The fourth-order valence-corrected chi connectivity index (χ4v) is 6.07. The molecule has 3 unspecified atom stereocenters. The molecule has 2 aromatic carbocycles. The predicted molar refractivity (Wildman–Crippen MR) is 204 cm³/mol. The average molecular weight is 743 g/mol. The summed E-state index contributed by atoms with van der Waals surface area (Å²) < 4.78 is 17.5. The fraction of sp³-hybridized carbons (Fsp3) is 0.486. The van der Waals surface area contributed by atoms with E-state index in [1.54, 1.807) is 40.2 Å². The number of carbonyl (C=O) groups excluding carboxylic acids is 5. The standard InChI is InChI=1S/C37H55FN8O5S/c1-23(31(47)45-52-25-17-18-27(26(38)22-25)43-32(48)28(40-7)16-13-20-42-35(39)51)19-21-46(9)34(50)30(36(2,3)4)44-33(49)29(41-8)37(5,6)24-14-11-10-12-15-24/h10-12,14-15,17-19,22,28-30,40-41H,13,16,20-21H2,1-9H3,(H,43,48)(H,44,49)(H,45,47)(H3,39,42,51)/b23-19+. The summed E-state index contributed by atoms with van der Waals surface area (Å²) in [6.45, 7) is 11.6. The number of likely N-dealkylation sites (N-methyl/N-ethyl adjacent to an activating group) is 3. The van der Waals surface area contributed by atoms with Crippen LogP contribution in [0.15, 0.2) is 65.1 Å². The van der Waals surface area contributed by atoms with E-state index in [1.807, 2.05) is 65.0 Å². The number of halogens is 1. The molecule has 6 amide bonds. The van der Waals surface area contributed by atoms with Crippen LogP contribution in [0, 0.1) is 11.2 Å². The first-order valence-corrected chi connectivity index (χ1v) is 17.9. The number of urea groups is 1. The van der Waals surface area contributed by atoms with E-state index < -0.39 is 52.6 Å². The second-order valence-electron chi connectivity index (χ2n) is 14.2. The number of rotatable bonds is 18. The summed E-state index contributed by atoms with van der Waals surface area (Å²) in [5.74, 6) is -2.18. The topological polar surface area (TPSA) is 187 Å². The lowest BCUT2D eigenvalue weighted by atomic mass is 9.76. The zero-order chi connectivity index (χ0) is 39.2. The summed E-state index contributed by atoms with van der Waals surface area (Å²) in [6, 6.07) is 11.1. The summed E-state index contributed by atoms with van der Waals surface area (Å²) in [5, 5.41) is 14.0.